The number of nitrogens with one attached hydrogen (secondary N) is 1. The summed E-state index contributed by atoms with van der Waals surface area (Å²) >= 11 is 0. The molecule has 6 heteroatoms. The molecule has 0 spiro atoms. The fourth-order valence-corrected chi connectivity index (χ4v) is 2.67. The third-order valence-electron chi connectivity index (χ3n) is 3.64. The number of phenols is 1. The third-order valence-corrected chi connectivity index (χ3v) is 3.64. The second kappa shape index (κ2) is 9.46. The van der Waals surface area contributed by atoms with Gasteiger partial charge in [-0.2, -0.15) is 0 Å². The summed E-state index contributed by atoms with van der Waals surface area (Å²) in [6.45, 7) is 8.31. The second-order valence-electron chi connectivity index (χ2n) is 5.64. The molecule has 1 saturated heterocycles. The maximum Gasteiger partial charge on any atom is 0.165 e. The average molecular weight is 339 g/mol. The lowest BCUT2D eigenvalue weighted by Crippen LogP contribution is -2.45. The van der Waals surface area contributed by atoms with E-state index in [-0.39, 0.29) is 36.6 Å². The molecule has 1 aliphatic heterocycles. The van der Waals surface area contributed by atoms with E-state index in [2.05, 4.69) is 24.1 Å². The molecule has 0 aliphatic carbocycles. The highest BCUT2D eigenvalue weighted by atomic mass is 35.5. The van der Waals surface area contributed by atoms with Crippen molar-refractivity contribution < 1.29 is 9.50 Å². The van der Waals surface area contributed by atoms with Gasteiger partial charge in [0.2, 0.25) is 0 Å². The quantitative estimate of drug-likeness (QED) is 0.883. The summed E-state index contributed by atoms with van der Waals surface area (Å²) in [5.41, 5.74) is 0.964. The fourth-order valence-electron chi connectivity index (χ4n) is 2.67. The Labute approximate surface area is 138 Å². The molecule has 21 heavy (non-hydrogen) atoms. The van der Waals surface area contributed by atoms with Crippen LogP contribution in [0.15, 0.2) is 18.2 Å². The van der Waals surface area contributed by atoms with Crippen LogP contribution in [0.2, 0.25) is 0 Å². The predicted molar refractivity (Wildman–Crippen MR) is 89.2 cm³/mol. The molecule has 3 nitrogen and oxygen atoms in total. The van der Waals surface area contributed by atoms with Gasteiger partial charge in [-0.3, -0.25) is 4.90 Å². The largest absolute Gasteiger partial charge is 0.505 e. The minimum atomic E-state index is -0.526. The summed E-state index contributed by atoms with van der Waals surface area (Å²) in [7, 11) is 0. The number of piperazine rings is 1. The Bertz CT molecular complexity index is 426. The number of rotatable bonds is 4. The minimum absolute atomic E-state index is 0. The van der Waals surface area contributed by atoms with Crippen LogP contribution in [0.4, 0.5) is 4.39 Å². The van der Waals surface area contributed by atoms with E-state index >= 15 is 0 Å². The van der Waals surface area contributed by atoms with Crippen molar-refractivity contribution in [1.29, 1.82) is 0 Å². The first kappa shape index (κ1) is 20.5. The lowest BCUT2D eigenvalue weighted by atomic mass is 9.95. The summed E-state index contributed by atoms with van der Waals surface area (Å²) in [6, 6.07) is 5.01. The van der Waals surface area contributed by atoms with Crippen molar-refractivity contribution in [3.63, 3.8) is 0 Å². The van der Waals surface area contributed by atoms with Gasteiger partial charge in [0, 0.05) is 32.2 Å². The van der Waals surface area contributed by atoms with Crippen LogP contribution in [0.3, 0.4) is 0 Å². The summed E-state index contributed by atoms with van der Waals surface area (Å²) < 4.78 is 13.6. The maximum absolute atomic E-state index is 13.6. The third kappa shape index (κ3) is 5.62. The molecule has 0 amide bonds. The number of benzene rings is 1. The van der Waals surface area contributed by atoms with Crippen LogP contribution < -0.4 is 5.32 Å². The Kier molecular flexibility index (Phi) is 9.22. The van der Waals surface area contributed by atoms with Crippen molar-refractivity contribution in [2.45, 2.75) is 26.3 Å². The Morgan fingerprint density at radius 1 is 1.24 bits per heavy atom. The molecule has 122 valence electrons. The zero-order valence-corrected chi connectivity index (χ0v) is 14.1. The van der Waals surface area contributed by atoms with Crippen LogP contribution in [-0.2, 0) is 0 Å². The van der Waals surface area contributed by atoms with Crippen LogP contribution in [-0.4, -0.2) is 36.2 Å². The predicted octanol–water partition coefficient (Wildman–Crippen LogP) is 3.37. The smallest absolute Gasteiger partial charge is 0.165 e. The molecule has 1 fully saturated rings. The molecular weight excluding hydrogens is 314 g/mol. The van der Waals surface area contributed by atoms with Gasteiger partial charge >= 0.3 is 0 Å². The van der Waals surface area contributed by atoms with Gasteiger partial charge in [-0.05, 0) is 30.0 Å². The minimum Gasteiger partial charge on any atom is -0.505 e. The Balaban J connectivity index is 0.00000200. The van der Waals surface area contributed by atoms with Crippen molar-refractivity contribution in [1.82, 2.24) is 10.2 Å². The van der Waals surface area contributed by atoms with E-state index in [9.17, 15) is 9.50 Å². The molecular formula is C15H25Cl2FN2O. The van der Waals surface area contributed by atoms with E-state index in [1.54, 1.807) is 0 Å². The van der Waals surface area contributed by atoms with Crippen LogP contribution in [0.5, 0.6) is 5.75 Å². The highest BCUT2D eigenvalue weighted by Crippen LogP contribution is 2.30. The number of aromatic hydroxyl groups is 1. The summed E-state index contributed by atoms with van der Waals surface area (Å²) in [6.07, 6.45) is 1.00. The number of halogens is 3. The lowest BCUT2D eigenvalue weighted by molar-refractivity contribution is 0.153. The Morgan fingerprint density at radius 2 is 1.86 bits per heavy atom. The highest BCUT2D eigenvalue weighted by Gasteiger charge is 2.23. The molecule has 2 N–H and O–H groups in total. The molecule has 0 aromatic heterocycles. The Morgan fingerprint density at radius 3 is 2.38 bits per heavy atom. The number of hydrogen-bond donors (Lipinski definition) is 2. The van der Waals surface area contributed by atoms with E-state index in [1.165, 1.54) is 12.1 Å². The number of phenolic OH excluding ortho intramolecular Hbond substituents is 1. The molecule has 0 radical (unpaired) electrons. The number of hydrogen-bond acceptors (Lipinski definition) is 3. The molecule has 1 atom stereocenters. The summed E-state index contributed by atoms with van der Waals surface area (Å²) in [5, 5.41) is 12.7. The summed E-state index contributed by atoms with van der Waals surface area (Å²) in [4.78, 5) is 2.41. The maximum atomic E-state index is 13.6. The normalized spacial score (nSPS) is 17.0. The van der Waals surface area contributed by atoms with Crippen LogP contribution in [0.1, 0.15) is 31.9 Å². The van der Waals surface area contributed by atoms with Gasteiger partial charge in [0.05, 0.1) is 0 Å². The molecule has 0 bridgehead atoms. The van der Waals surface area contributed by atoms with Crippen molar-refractivity contribution in [3.8, 4) is 5.75 Å². The van der Waals surface area contributed by atoms with Crippen molar-refractivity contribution in [2.24, 2.45) is 5.92 Å². The molecule has 2 rings (SSSR count). The average Bonchev–Trinajstić information content (AvgIpc) is 2.40. The fraction of sp³-hybridized carbons (Fsp3) is 0.600. The first-order valence-electron chi connectivity index (χ1n) is 7.01. The van der Waals surface area contributed by atoms with Gasteiger partial charge < -0.3 is 10.4 Å². The molecule has 1 heterocycles. The summed E-state index contributed by atoms with van der Waals surface area (Å²) in [5.74, 6) is -0.245. The highest BCUT2D eigenvalue weighted by molar-refractivity contribution is 5.85. The van der Waals surface area contributed by atoms with Crippen molar-refractivity contribution >= 4 is 24.8 Å². The SMILES string of the molecule is CC(C)C[C@H](c1ccc(O)c(F)c1)N1CCNCC1.Cl.Cl. The molecule has 1 aromatic carbocycles. The van der Waals surface area contributed by atoms with Gasteiger partial charge in [-0.15, -0.1) is 24.8 Å². The van der Waals surface area contributed by atoms with Gasteiger partial charge in [-0.1, -0.05) is 19.9 Å². The lowest BCUT2D eigenvalue weighted by Gasteiger charge is -2.36. The monoisotopic (exact) mass is 338 g/mol. The molecule has 0 unspecified atom stereocenters. The number of nitrogens with zero attached hydrogens (tertiary/aromatic N) is 1. The van der Waals surface area contributed by atoms with E-state index in [0.29, 0.717) is 5.92 Å². The molecule has 1 aliphatic rings. The first-order valence-corrected chi connectivity index (χ1v) is 7.01. The van der Waals surface area contributed by atoms with E-state index < -0.39 is 5.82 Å². The van der Waals surface area contributed by atoms with Crippen LogP contribution >= 0.6 is 24.8 Å². The van der Waals surface area contributed by atoms with Crippen LogP contribution in [0.25, 0.3) is 0 Å². The van der Waals surface area contributed by atoms with E-state index in [1.807, 2.05) is 6.07 Å². The van der Waals surface area contributed by atoms with Gasteiger partial charge in [0.25, 0.3) is 0 Å². The van der Waals surface area contributed by atoms with Gasteiger partial charge in [-0.25, -0.2) is 4.39 Å². The Hall–Kier alpha value is -0.550. The topological polar surface area (TPSA) is 35.5 Å². The van der Waals surface area contributed by atoms with Gasteiger partial charge in [0.15, 0.2) is 11.6 Å². The van der Waals surface area contributed by atoms with Gasteiger partial charge in [0.1, 0.15) is 0 Å². The second-order valence-corrected chi connectivity index (χ2v) is 5.64. The van der Waals surface area contributed by atoms with Crippen molar-refractivity contribution in [3.05, 3.63) is 29.6 Å². The zero-order valence-electron chi connectivity index (χ0n) is 12.5. The molecule has 0 saturated carbocycles. The standard InChI is InChI=1S/C15H23FN2O.2ClH/c1-11(2)9-14(18-7-5-17-6-8-18)12-3-4-15(19)13(16)10-12;;/h3-4,10-11,14,17,19H,5-9H2,1-2H3;2*1H/t14-;;/m1../s1. The van der Waals surface area contributed by atoms with Crippen LogP contribution in [0, 0.1) is 11.7 Å². The van der Waals surface area contributed by atoms with E-state index in [4.69, 9.17) is 0 Å². The van der Waals surface area contributed by atoms with E-state index in [0.717, 1.165) is 38.2 Å². The zero-order chi connectivity index (χ0) is 13.8. The molecule has 1 aromatic rings. The first-order chi connectivity index (χ1) is 9.08. The van der Waals surface area contributed by atoms with Crippen molar-refractivity contribution in [2.75, 3.05) is 26.2 Å².